The van der Waals surface area contributed by atoms with Gasteiger partial charge in [0.15, 0.2) is 0 Å². The third-order valence-corrected chi connectivity index (χ3v) is 4.06. The first-order valence-electron chi connectivity index (χ1n) is 8.09. The predicted octanol–water partition coefficient (Wildman–Crippen LogP) is 6.07. The lowest BCUT2D eigenvalue weighted by atomic mass is 10.1. The zero-order valence-electron chi connectivity index (χ0n) is 15.1. The summed E-state index contributed by atoms with van der Waals surface area (Å²) in [5.41, 5.74) is -3.48. The van der Waals surface area contributed by atoms with Gasteiger partial charge in [-0.1, -0.05) is 11.6 Å². The highest BCUT2D eigenvalue weighted by Gasteiger charge is 2.37. The molecule has 0 aromatic heterocycles. The highest BCUT2D eigenvalue weighted by atomic mass is 35.5. The summed E-state index contributed by atoms with van der Waals surface area (Å²) < 4.78 is 82.8. The number of ether oxygens (including phenoxy) is 1. The number of amides is 1. The number of methoxy groups -OCH3 is 1. The van der Waals surface area contributed by atoms with Gasteiger partial charge in [-0.05, 0) is 31.2 Å². The number of benzene rings is 2. The molecule has 2 rings (SSSR count). The van der Waals surface area contributed by atoms with Crippen molar-refractivity contribution in [1.82, 2.24) is 0 Å². The lowest BCUT2D eigenvalue weighted by molar-refractivity contribution is -0.143. The van der Waals surface area contributed by atoms with E-state index in [0.717, 1.165) is 0 Å². The van der Waals surface area contributed by atoms with Crippen LogP contribution in [0.5, 0.6) is 5.75 Å². The second kappa shape index (κ2) is 8.40. The molecule has 0 fully saturated rings. The Morgan fingerprint density at radius 2 is 1.55 bits per heavy atom. The standard InChI is InChI=1S/C18H15ClF6N2O2/c1-3-26-14-8-15(29-2)12(7-13(14)19)16(28)27-11-5-9(17(20,21)22)4-10(6-11)18(23,24)25/h4-8,26H,3H2,1-2H3,(H,27,28). The molecule has 2 N–H and O–H groups in total. The average molecular weight is 441 g/mol. The number of hydrogen-bond acceptors (Lipinski definition) is 3. The van der Waals surface area contributed by atoms with Crippen LogP contribution in [0.4, 0.5) is 37.7 Å². The average Bonchev–Trinajstić information content (AvgIpc) is 2.61. The van der Waals surface area contributed by atoms with Gasteiger partial charge in [0.2, 0.25) is 0 Å². The Morgan fingerprint density at radius 1 is 1.00 bits per heavy atom. The second-order valence-corrected chi connectivity index (χ2v) is 6.22. The highest BCUT2D eigenvalue weighted by molar-refractivity contribution is 6.33. The normalized spacial score (nSPS) is 11.9. The van der Waals surface area contributed by atoms with Gasteiger partial charge >= 0.3 is 12.4 Å². The van der Waals surface area contributed by atoms with Gasteiger partial charge in [0, 0.05) is 18.3 Å². The molecule has 4 nitrogen and oxygen atoms in total. The van der Waals surface area contributed by atoms with Crippen molar-refractivity contribution in [3.05, 3.63) is 52.0 Å². The number of halogens is 7. The molecule has 0 unspecified atom stereocenters. The van der Waals surface area contributed by atoms with Crippen LogP contribution in [0.3, 0.4) is 0 Å². The maximum atomic E-state index is 13.0. The Kier molecular flexibility index (Phi) is 6.56. The summed E-state index contributed by atoms with van der Waals surface area (Å²) in [4.78, 5) is 12.5. The van der Waals surface area contributed by atoms with Crippen molar-refractivity contribution in [2.24, 2.45) is 0 Å². The monoisotopic (exact) mass is 440 g/mol. The number of rotatable bonds is 5. The maximum Gasteiger partial charge on any atom is 0.416 e. The van der Waals surface area contributed by atoms with Gasteiger partial charge in [-0.2, -0.15) is 26.3 Å². The molecule has 0 aliphatic rings. The van der Waals surface area contributed by atoms with Crippen molar-refractivity contribution in [2.75, 3.05) is 24.3 Å². The Hall–Kier alpha value is -2.62. The summed E-state index contributed by atoms with van der Waals surface area (Å²) >= 11 is 6.06. The molecular formula is C18H15ClF6N2O2. The topological polar surface area (TPSA) is 50.4 Å². The molecule has 0 aliphatic heterocycles. The molecule has 158 valence electrons. The van der Waals surface area contributed by atoms with Crippen LogP contribution in [0, 0.1) is 0 Å². The lowest BCUT2D eigenvalue weighted by Gasteiger charge is -2.16. The molecular weight excluding hydrogens is 426 g/mol. The molecule has 0 saturated heterocycles. The van der Waals surface area contributed by atoms with Crippen LogP contribution in [-0.4, -0.2) is 19.6 Å². The fourth-order valence-electron chi connectivity index (χ4n) is 2.45. The fourth-order valence-corrected chi connectivity index (χ4v) is 2.68. The van der Waals surface area contributed by atoms with Crippen LogP contribution in [0.2, 0.25) is 5.02 Å². The van der Waals surface area contributed by atoms with Crippen molar-refractivity contribution in [1.29, 1.82) is 0 Å². The van der Waals surface area contributed by atoms with Crippen molar-refractivity contribution in [2.45, 2.75) is 19.3 Å². The summed E-state index contributed by atoms with van der Waals surface area (Å²) in [6.45, 7) is 2.31. The van der Waals surface area contributed by atoms with Crippen LogP contribution in [0.15, 0.2) is 30.3 Å². The fraction of sp³-hybridized carbons (Fsp3) is 0.278. The minimum atomic E-state index is -5.03. The van der Waals surface area contributed by atoms with Crippen LogP contribution in [-0.2, 0) is 12.4 Å². The summed E-state index contributed by atoms with van der Waals surface area (Å²) in [6.07, 6.45) is -10.1. The number of carbonyl (C=O) groups is 1. The summed E-state index contributed by atoms with van der Waals surface area (Å²) in [7, 11) is 1.25. The van der Waals surface area contributed by atoms with E-state index in [9.17, 15) is 31.1 Å². The van der Waals surface area contributed by atoms with E-state index in [1.165, 1.54) is 19.2 Å². The smallest absolute Gasteiger partial charge is 0.416 e. The maximum absolute atomic E-state index is 13.0. The minimum Gasteiger partial charge on any atom is -0.496 e. The molecule has 0 saturated carbocycles. The molecule has 0 heterocycles. The first-order chi connectivity index (χ1) is 13.4. The molecule has 11 heteroatoms. The van der Waals surface area contributed by atoms with Crippen LogP contribution >= 0.6 is 11.6 Å². The van der Waals surface area contributed by atoms with Crippen molar-refractivity contribution < 1.29 is 35.9 Å². The Morgan fingerprint density at radius 3 is 2.00 bits per heavy atom. The first kappa shape index (κ1) is 22.7. The van der Waals surface area contributed by atoms with Crippen LogP contribution in [0.25, 0.3) is 0 Å². The SMILES string of the molecule is CCNc1cc(OC)c(C(=O)Nc2cc(C(F)(F)F)cc(C(F)(F)F)c2)cc1Cl. The molecule has 0 bridgehead atoms. The summed E-state index contributed by atoms with van der Waals surface area (Å²) in [6, 6.07) is 3.39. The van der Waals surface area contributed by atoms with E-state index in [1.54, 1.807) is 6.92 Å². The number of alkyl halides is 6. The summed E-state index contributed by atoms with van der Waals surface area (Å²) in [5.74, 6) is -0.954. The third kappa shape index (κ3) is 5.47. The second-order valence-electron chi connectivity index (χ2n) is 5.81. The molecule has 0 spiro atoms. The van der Waals surface area contributed by atoms with Gasteiger partial charge < -0.3 is 15.4 Å². The quantitative estimate of drug-likeness (QED) is 0.555. The molecule has 0 atom stereocenters. The van der Waals surface area contributed by atoms with E-state index >= 15 is 0 Å². The number of hydrogen-bond donors (Lipinski definition) is 2. The highest BCUT2D eigenvalue weighted by Crippen LogP contribution is 2.38. The van der Waals surface area contributed by atoms with E-state index < -0.39 is 35.1 Å². The van der Waals surface area contributed by atoms with Crippen molar-refractivity contribution >= 4 is 28.9 Å². The Labute approximate surface area is 166 Å². The number of carbonyl (C=O) groups excluding carboxylic acids is 1. The van der Waals surface area contributed by atoms with Gasteiger partial charge in [0.1, 0.15) is 5.75 Å². The zero-order valence-corrected chi connectivity index (χ0v) is 15.8. The van der Waals surface area contributed by atoms with E-state index in [1.807, 2.05) is 5.32 Å². The van der Waals surface area contributed by atoms with E-state index in [0.29, 0.717) is 24.4 Å². The van der Waals surface area contributed by atoms with Gasteiger partial charge in [-0.3, -0.25) is 4.79 Å². The zero-order chi connectivity index (χ0) is 22.0. The molecule has 1 amide bonds. The lowest BCUT2D eigenvalue weighted by Crippen LogP contribution is -2.16. The van der Waals surface area contributed by atoms with Gasteiger partial charge in [-0.15, -0.1) is 0 Å². The predicted molar refractivity (Wildman–Crippen MR) is 96.6 cm³/mol. The Bertz CT molecular complexity index is 880. The number of nitrogens with one attached hydrogen (secondary N) is 2. The van der Waals surface area contributed by atoms with Crippen molar-refractivity contribution in [3.63, 3.8) is 0 Å². The Balaban J connectivity index is 2.46. The summed E-state index contributed by atoms with van der Waals surface area (Å²) in [5, 5.41) is 5.08. The largest absolute Gasteiger partial charge is 0.496 e. The van der Waals surface area contributed by atoms with E-state index in [-0.39, 0.29) is 22.4 Å². The minimum absolute atomic E-state index is 0.0294. The van der Waals surface area contributed by atoms with Gasteiger partial charge in [-0.25, -0.2) is 0 Å². The van der Waals surface area contributed by atoms with Crippen molar-refractivity contribution in [3.8, 4) is 5.75 Å². The third-order valence-electron chi connectivity index (χ3n) is 3.75. The molecule has 0 aliphatic carbocycles. The first-order valence-corrected chi connectivity index (χ1v) is 8.46. The van der Waals surface area contributed by atoms with Gasteiger partial charge in [0.05, 0.1) is 34.5 Å². The molecule has 29 heavy (non-hydrogen) atoms. The van der Waals surface area contributed by atoms with Crippen LogP contribution < -0.4 is 15.4 Å². The molecule has 2 aromatic carbocycles. The molecule has 0 radical (unpaired) electrons. The number of anilines is 2. The van der Waals surface area contributed by atoms with Crippen LogP contribution in [0.1, 0.15) is 28.4 Å². The van der Waals surface area contributed by atoms with E-state index in [2.05, 4.69) is 5.32 Å². The molecule has 2 aromatic rings. The van der Waals surface area contributed by atoms with Gasteiger partial charge in [0.25, 0.3) is 5.91 Å². The van der Waals surface area contributed by atoms with E-state index in [4.69, 9.17) is 16.3 Å².